The summed E-state index contributed by atoms with van der Waals surface area (Å²) in [7, 11) is 1.80. The van der Waals surface area contributed by atoms with Gasteiger partial charge in [-0.25, -0.2) is 0 Å². The highest BCUT2D eigenvalue weighted by atomic mass is 16.6. The van der Waals surface area contributed by atoms with E-state index in [-0.39, 0.29) is 24.5 Å². The van der Waals surface area contributed by atoms with Crippen molar-refractivity contribution in [2.24, 2.45) is 5.92 Å². The number of benzene rings is 1. The molecule has 7 heteroatoms. The Morgan fingerprint density at radius 1 is 1.32 bits per heavy atom. The largest absolute Gasteiger partial charge is 0.486 e. The molecular weight excluding hydrogens is 360 g/mol. The van der Waals surface area contributed by atoms with E-state index in [1.165, 1.54) is 0 Å². The number of aliphatic carboxylic acids is 1. The van der Waals surface area contributed by atoms with Crippen molar-refractivity contribution in [2.45, 2.75) is 44.8 Å². The van der Waals surface area contributed by atoms with E-state index in [0.717, 1.165) is 31.7 Å². The lowest BCUT2D eigenvalue weighted by atomic mass is 9.92. The number of carboxylic acids is 1. The molecule has 3 rings (SSSR count). The van der Waals surface area contributed by atoms with E-state index in [2.05, 4.69) is 4.90 Å². The fraction of sp³-hybridized carbons (Fsp3) is 0.619. The molecule has 1 aromatic carbocycles. The lowest BCUT2D eigenvalue weighted by molar-refractivity contribution is -0.139. The number of hydrogen-bond donors (Lipinski definition) is 1. The third-order valence-corrected chi connectivity index (χ3v) is 5.64. The molecule has 1 N–H and O–H groups in total. The predicted octanol–water partition coefficient (Wildman–Crippen LogP) is 2.25. The van der Waals surface area contributed by atoms with E-state index < -0.39 is 5.97 Å². The van der Waals surface area contributed by atoms with Gasteiger partial charge in [0.25, 0.3) is 0 Å². The molecule has 154 valence electrons. The molecule has 2 aliphatic heterocycles. The predicted molar refractivity (Wildman–Crippen MR) is 105 cm³/mol. The van der Waals surface area contributed by atoms with Gasteiger partial charge in [0.1, 0.15) is 6.61 Å². The van der Waals surface area contributed by atoms with Crippen LogP contribution in [0.1, 0.15) is 32.6 Å². The Hall–Kier alpha value is -2.28. The van der Waals surface area contributed by atoms with Crippen molar-refractivity contribution in [3.05, 3.63) is 24.3 Å². The number of carbonyl (C=O) groups excluding carboxylic acids is 1. The molecular formula is C21H30N2O5. The van der Waals surface area contributed by atoms with Gasteiger partial charge in [0.05, 0.1) is 12.6 Å². The van der Waals surface area contributed by atoms with Gasteiger partial charge in [0, 0.05) is 20.0 Å². The molecule has 2 aliphatic rings. The Bertz CT molecular complexity index is 695. The molecule has 0 spiro atoms. The second-order valence-corrected chi connectivity index (χ2v) is 7.83. The molecule has 0 aliphatic carbocycles. The van der Waals surface area contributed by atoms with E-state index in [9.17, 15) is 9.59 Å². The van der Waals surface area contributed by atoms with Crippen LogP contribution in [0.25, 0.3) is 0 Å². The number of nitrogens with zero attached hydrogens (tertiary/aromatic N) is 2. The Kier molecular flexibility index (Phi) is 6.78. The number of para-hydroxylation sites is 2. The number of piperidine rings is 1. The minimum Gasteiger partial charge on any atom is -0.486 e. The highest BCUT2D eigenvalue weighted by Gasteiger charge is 2.31. The molecule has 3 unspecified atom stereocenters. The molecule has 1 saturated heterocycles. The first-order valence-electron chi connectivity index (χ1n) is 10.0. The summed E-state index contributed by atoms with van der Waals surface area (Å²) in [5.74, 6) is 1.10. The fourth-order valence-electron chi connectivity index (χ4n) is 4.04. The normalized spacial score (nSPS) is 23.1. The van der Waals surface area contributed by atoms with E-state index in [1.807, 2.05) is 31.2 Å². The van der Waals surface area contributed by atoms with E-state index in [0.29, 0.717) is 31.2 Å². The van der Waals surface area contributed by atoms with Crippen LogP contribution in [0.3, 0.4) is 0 Å². The summed E-state index contributed by atoms with van der Waals surface area (Å²) in [6.45, 7) is 4.48. The van der Waals surface area contributed by atoms with Gasteiger partial charge >= 0.3 is 5.97 Å². The van der Waals surface area contributed by atoms with Crippen LogP contribution in [0, 0.1) is 5.92 Å². The van der Waals surface area contributed by atoms with Crippen molar-refractivity contribution < 1.29 is 24.2 Å². The van der Waals surface area contributed by atoms with Crippen LogP contribution >= 0.6 is 0 Å². The monoisotopic (exact) mass is 390 g/mol. The van der Waals surface area contributed by atoms with E-state index >= 15 is 0 Å². The molecule has 2 heterocycles. The van der Waals surface area contributed by atoms with Gasteiger partial charge < -0.3 is 19.5 Å². The Balaban J connectivity index is 1.50. The molecule has 0 aromatic heterocycles. The molecule has 0 radical (unpaired) electrons. The molecule has 3 atom stereocenters. The average Bonchev–Trinajstić information content (AvgIpc) is 2.71. The molecule has 1 amide bonds. The van der Waals surface area contributed by atoms with Gasteiger partial charge in [-0.2, -0.15) is 0 Å². The Morgan fingerprint density at radius 3 is 2.82 bits per heavy atom. The SMILES string of the molecule is CC(C(=O)N(C)CC1COc2ccccc2O1)N1CCCC(CCC(=O)O)C1. The Morgan fingerprint density at radius 2 is 2.07 bits per heavy atom. The van der Waals surface area contributed by atoms with Crippen molar-refractivity contribution in [2.75, 3.05) is 33.3 Å². The molecule has 1 fully saturated rings. The number of amides is 1. The van der Waals surface area contributed by atoms with Crippen molar-refractivity contribution in [3.63, 3.8) is 0 Å². The Labute approximate surface area is 166 Å². The summed E-state index contributed by atoms with van der Waals surface area (Å²) in [5, 5.41) is 8.90. The number of carbonyl (C=O) groups is 2. The highest BCUT2D eigenvalue weighted by molar-refractivity contribution is 5.81. The van der Waals surface area contributed by atoms with Gasteiger partial charge in [0.15, 0.2) is 17.6 Å². The molecule has 1 aromatic rings. The molecule has 0 bridgehead atoms. The minimum absolute atomic E-state index is 0.0568. The number of likely N-dealkylation sites (tertiary alicyclic amines) is 1. The smallest absolute Gasteiger partial charge is 0.303 e. The lowest BCUT2D eigenvalue weighted by Gasteiger charge is -2.38. The maximum absolute atomic E-state index is 12.9. The molecule has 7 nitrogen and oxygen atoms in total. The topological polar surface area (TPSA) is 79.3 Å². The van der Waals surface area contributed by atoms with Crippen LogP contribution < -0.4 is 9.47 Å². The number of likely N-dealkylation sites (N-methyl/N-ethyl adjacent to an activating group) is 1. The van der Waals surface area contributed by atoms with Gasteiger partial charge in [-0.05, 0) is 50.8 Å². The highest BCUT2D eigenvalue weighted by Crippen LogP contribution is 2.31. The first-order chi connectivity index (χ1) is 13.4. The second kappa shape index (κ2) is 9.28. The number of hydrogen-bond acceptors (Lipinski definition) is 5. The van der Waals surface area contributed by atoms with E-state index in [4.69, 9.17) is 14.6 Å². The zero-order valence-corrected chi connectivity index (χ0v) is 16.7. The second-order valence-electron chi connectivity index (χ2n) is 7.83. The van der Waals surface area contributed by atoms with Crippen LogP contribution in [-0.4, -0.2) is 72.2 Å². The van der Waals surface area contributed by atoms with Gasteiger partial charge in [-0.15, -0.1) is 0 Å². The summed E-state index contributed by atoms with van der Waals surface area (Å²) in [5.41, 5.74) is 0. The molecule has 0 saturated carbocycles. The number of carboxylic acid groups (broad SMARTS) is 1. The van der Waals surface area contributed by atoms with Crippen molar-refractivity contribution in [3.8, 4) is 11.5 Å². The summed E-state index contributed by atoms with van der Waals surface area (Å²) >= 11 is 0. The van der Waals surface area contributed by atoms with Gasteiger partial charge in [-0.1, -0.05) is 12.1 Å². The average molecular weight is 390 g/mol. The number of ether oxygens (including phenoxy) is 2. The fourth-order valence-corrected chi connectivity index (χ4v) is 4.04. The standard InChI is InChI=1S/C21H30N2O5/c1-15(23-11-5-6-16(12-23)9-10-20(24)25)21(26)22(2)13-17-14-27-18-7-3-4-8-19(18)28-17/h3-4,7-8,15-17H,5-6,9-14H2,1-2H3,(H,24,25). The number of fused-ring (bicyclic) bond motifs is 1. The van der Waals surface area contributed by atoms with Crippen LogP contribution in [0.4, 0.5) is 0 Å². The van der Waals surface area contributed by atoms with Crippen molar-refractivity contribution in [1.29, 1.82) is 0 Å². The first kappa shape index (κ1) is 20.5. The third-order valence-electron chi connectivity index (χ3n) is 5.64. The summed E-state index contributed by atoms with van der Waals surface area (Å²) in [6, 6.07) is 7.33. The van der Waals surface area contributed by atoms with Crippen LogP contribution in [0.2, 0.25) is 0 Å². The zero-order valence-electron chi connectivity index (χ0n) is 16.7. The van der Waals surface area contributed by atoms with E-state index in [1.54, 1.807) is 11.9 Å². The van der Waals surface area contributed by atoms with Gasteiger partial charge in [-0.3, -0.25) is 14.5 Å². The lowest BCUT2D eigenvalue weighted by Crippen LogP contribution is -2.51. The van der Waals surface area contributed by atoms with Crippen LogP contribution in [0.15, 0.2) is 24.3 Å². The van der Waals surface area contributed by atoms with Crippen molar-refractivity contribution in [1.82, 2.24) is 9.80 Å². The van der Waals surface area contributed by atoms with Crippen molar-refractivity contribution >= 4 is 11.9 Å². The number of rotatable bonds is 7. The summed E-state index contributed by atoms with van der Waals surface area (Å²) in [4.78, 5) is 27.7. The van der Waals surface area contributed by atoms with Crippen LogP contribution in [-0.2, 0) is 9.59 Å². The molecule has 28 heavy (non-hydrogen) atoms. The summed E-state index contributed by atoms with van der Waals surface area (Å²) in [6.07, 6.45) is 2.71. The quantitative estimate of drug-likeness (QED) is 0.769. The third kappa shape index (κ3) is 5.16. The van der Waals surface area contributed by atoms with Crippen LogP contribution in [0.5, 0.6) is 11.5 Å². The summed E-state index contributed by atoms with van der Waals surface area (Å²) < 4.78 is 11.7. The maximum atomic E-state index is 12.9. The first-order valence-corrected chi connectivity index (χ1v) is 10.0. The van der Waals surface area contributed by atoms with Gasteiger partial charge in [0.2, 0.25) is 5.91 Å². The zero-order chi connectivity index (χ0) is 20.1. The maximum Gasteiger partial charge on any atom is 0.303 e. The minimum atomic E-state index is -0.753.